The topological polar surface area (TPSA) is 67.3 Å². The van der Waals surface area contributed by atoms with Crippen molar-refractivity contribution in [3.05, 3.63) is 17.3 Å². The quantitative estimate of drug-likeness (QED) is 0.771. The summed E-state index contributed by atoms with van der Waals surface area (Å²) in [6.45, 7) is 6.91. The number of halogens is 1. The Kier molecular flexibility index (Phi) is 7.05. The van der Waals surface area contributed by atoms with E-state index in [-0.39, 0.29) is 17.9 Å². The Bertz CT molecular complexity index is 495. The normalized spacial score (nSPS) is 18.3. The van der Waals surface area contributed by atoms with E-state index in [0.717, 1.165) is 31.6 Å². The second-order valence-corrected chi connectivity index (χ2v) is 6.45. The van der Waals surface area contributed by atoms with E-state index < -0.39 is 0 Å². The molecule has 0 aromatic carbocycles. The van der Waals surface area contributed by atoms with E-state index in [2.05, 4.69) is 20.4 Å². The third-order valence-electron chi connectivity index (χ3n) is 3.81. The fourth-order valence-corrected chi connectivity index (χ4v) is 2.72. The van der Waals surface area contributed by atoms with Crippen LogP contribution in [0, 0.1) is 5.92 Å². The molecule has 1 fully saturated rings. The summed E-state index contributed by atoms with van der Waals surface area (Å²) in [5.74, 6) is 0.880. The molecule has 0 radical (unpaired) electrons. The zero-order valence-electron chi connectivity index (χ0n) is 13.8. The molecule has 2 rings (SSSR count). The van der Waals surface area contributed by atoms with Gasteiger partial charge in [0.05, 0.1) is 12.0 Å². The molecule has 6 nitrogen and oxygen atoms in total. The van der Waals surface area contributed by atoms with Gasteiger partial charge in [-0.2, -0.15) is 0 Å². The predicted octanol–water partition coefficient (Wildman–Crippen LogP) is 2.28. The number of amides is 1. The van der Waals surface area contributed by atoms with Crippen molar-refractivity contribution >= 4 is 23.3 Å². The summed E-state index contributed by atoms with van der Waals surface area (Å²) in [6.07, 6.45) is 2.95. The average molecular weight is 341 g/mol. The lowest BCUT2D eigenvalue weighted by atomic mass is 9.97. The number of rotatable bonds is 7. The number of nitrogens with one attached hydrogen (secondary N) is 1. The Hall–Kier alpha value is -1.40. The summed E-state index contributed by atoms with van der Waals surface area (Å²) in [5, 5.41) is 11.3. The molecular formula is C16H25ClN4O2. The summed E-state index contributed by atoms with van der Waals surface area (Å²) >= 11 is 5.77. The van der Waals surface area contributed by atoms with Gasteiger partial charge in [-0.15, -0.1) is 10.2 Å². The number of carbonyl (C=O) groups excluding carboxylic acids is 1. The highest BCUT2D eigenvalue weighted by Gasteiger charge is 2.26. The SMILES string of the molecule is CC(C)OCCCNC(=O)[C@@H]1CCCN(c2ccc(Cl)nn2)C1. The Labute approximate surface area is 142 Å². The van der Waals surface area contributed by atoms with Crippen LogP contribution in [0.2, 0.25) is 5.15 Å². The third-order valence-corrected chi connectivity index (χ3v) is 4.01. The molecule has 0 saturated carbocycles. The van der Waals surface area contributed by atoms with E-state index in [9.17, 15) is 4.79 Å². The fraction of sp³-hybridized carbons (Fsp3) is 0.688. The maximum atomic E-state index is 12.3. The van der Waals surface area contributed by atoms with E-state index in [4.69, 9.17) is 16.3 Å². The minimum atomic E-state index is -0.00718. The molecule has 0 unspecified atom stereocenters. The molecule has 2 heterocycles. The van der Waals surface area contributed by atoms with Crippen LogP contribution in [-0.2, 0) is 9.53 Å². The van der Waals surface area contributed by atoms with Gasteiger partial charge >= 0.3 is 0 Å². The summed E-state index contributed by atoms with van der Waals surface area (Å²) in [6, 6.07) is 3.57. The first-order valence-electron chi connectivity index (χ1n) is 8.19. The zero-order chi connectivity index (χ0) is 16.7. The minimum absolute atomic E-state index is 0.00718. The molecule has 0 spiro atoms. The molecule has 1 atom stereocenters. The molecule has 1 aliphatic rings. The zero-order valence-corrected chi connectivity index (χ0v) is 14.6. The lowest BCUT2D eigenvalue weighted by Gasteiger charge is -2.32. The second kappa shape index (κ2) is 9.03. The van der Waals surface area contributed by atoms with Gasteiger partial charge in [-0.1, -0.05) is 11.6 Å². The molecule has 0 bridgehead atoms. The standard InChI is InChI=1S/C16H25ClN4O2/c1-12(2)23-10-4-8-18-16(22)13-5-3-9-21(11-13)15-7-6-14(17)19-20-15/h6-7,12-13H,3-5,8-11H2,1-2H3,(H,18,22)/t13-/m1/s1. The summed E-state index contributed by atoms with van der Waals surface area (Å²) in [7, 11) is 0. The summed E-state index contributed by atoms with van der Waals surface area (Å²) in [5.41, 5.74) is 0. The van der Waals surface area contributed by atoms with Crippen molar-refractivity contribution in [1.29, 1.82) is 0 Å². The average Bonchev–Trinajstić information content (AvgIpc) is 2.55. The Morgan fingerprint density at radius 2 is 2.30 bits per heavy atom. The van der Waals surface area contributed by atoms with Crippen LogP contribution in [-0.4, -0.2) is 48.4 Å². The smallest absolute Gasteiger partial charge is 0.224 e. The number of carbonyl (C=O) groups is 1. The highest BCUT2D eigenvalue weighted by Crippen LogP contribution is 2.21. The van der Waals surface area contributed by atoms with Gasteiger partial charge in [0.25, 0.3) is 0 Å². The monoisotopic (exact) mass is 340 g/mol. The van der Waals surface area contributed by atoms with E-state index in [1.165, 1.54) is 0 Å². The minimum Gasteiger partial charge on any atom is -0.379 e. The van der Waals surface area contributed by atoms with Gasteiger partial charge in [-0.3, -0.25) is 4.79 Å². The molecular weight excluding hydrogens is 316 g/mol. The van der Waals surface area contributed by atoms with Crippen LogP contribution < -0.4 is 10.2 Å². The van der Waals surface area contributed by atoms with Gasteiger partial charge < -0.3 is 15.0 Å². The van der Waals surface area contributed by atoms with Crippen LogP contribution in [0.4, 0.5) is 5.82 Å². The van der Waals surface area contributed by atoms with E-state index in [0.29, 0.717) is 24.8 Å². The van der Waals surface area contributed by atoms with E-state index in [1.54, 1.807) is 6.07 Å². The molecule has 23 heavy (non-hydrogen) atoms. The summed E-state index contributed by atoms with van der Waals surface area (Å²) < 4.78 is 5.47. The molecule has 128 valence electrons. The van der Waals surface area contributed by atoms with Crippen molar-refractivity contribution in [2.45, 2.75) is 39.2 Å². The lowest BCUT2D eigenvalue weighted by Crippen LogP contribution is -2.43. The van der Waals surface area contributed by atoms with Crippen molar-refractivity contribution in [2.75, 3.05) is 31.1 Å². The number of piperidine rings is 1. The maximum absolute atomic E-state index is 12.3. The molecule has 7 heteroatoms. The van der Waals surface area contributed by atoms with Gasteiger partial charge in [0, 0.05) is 26.2 Å². The van der Waals surface area contributed by atoms with E-state index >= 15 is 0 Å². The number of nitrogens with zero attached hydrogens (tertiary/aromatic N) is 3. The highest BCUT2D eigenvalue weighted by molar-refractivity contribution is 6.29. The van der Waals surface area contributed by atoms with Crippen LogP contribution in [0.3, 0.4) is 0 Å². The number of ether oxygens (including phenoxy) is 1. The first-order valence-corrected chi connectivity index (χ1v) is 8.57. The van der Waals surface area contributed by atoms with Gasteiger partial charge in [0.1, 0.15) is 0 Å². The van der Waals surface area contributed by atoms with Crippen LogP contribution >= 0.6 is 11.6 Å². The van der Waals surface area contributed by atoms with Crippen molar-refractivity contribution in [3.63, 3.8) is 0 Å². The largest absolute Gasteiger partial charge is 0.379 e. The fourth-order valence-electron chi connectivity index (χ4n) is 2.62. The van der Waals surface area contributed by atoms with Crippen LogP contribution in [0.5, 0.6) is 0 Å². The molecule has 1 saturated heterocycles. The van der Waals surface area contributed by atoms with Crippen LogP contribution in [0.25, 0.3) is 0 Å². The van der Waals surface area contributed by atoms with Crippen molar-refractivity contribution in [3.8, 4) is 0 Å². The van der Waals surface area contributed by atoms with Gasteiger partial charge in [0.15, 0.2) is 11.0 Å². The Morgan fingerprint density at radius 1 is 1.48 bits per heavy atom. The summed E-state index contributed by atoms with van der Waals surface area (Å²) in [4.78, 5) is 14.4. The van der Waals surface area contributed by atoms with Gasteiger partial charge in [-0.25, -0.2) is 0 Å². The Balaban J connectivity index is 1.76. The van der Waals surface area contributed by atoms with Crippen molar-refractivity contribution in [1.82, 2.24) is 15.5 Å². The number of anilines is 1. The van der Waals surface area contributed by atoms with E-state index in [1.807, 2.05) is 19.9 Å². The van der Waals surface area contributed by atoms with Crippen molar-refractivity contribution in [2.24, 2.45) is 5.92 Å². The maximum Gasteiger partial charge on any atom is 0.224 e. The molecule has 1 N–H and O–H groups in total. The van der Waals surface area contributed by atoms with Crippen LogP contribution in [0.15, 0.2) is 12.1 Å². The second-order valence-electron chi connectivity index (χ2n) is 6.06. The number of hydrogen-bond acceptors (Lipinski definition) is 5. The van der Waals surface area contributed by atoms with Crippen LogP contribution in [0.1, 0.15) is 33.1 Å². The van der Waals surface area contributed by atoms with Crippen molar-refractivity contribution < 1.29 is 9.53 Å². The third kappa shape index (κ3) is 5.95. The molecule has 1 aliphatic heterocycles. The van der Waals surface area contributed by atoms with Gasteiger partial charge in [-0.05, 0) is 45.2 Å². The lowest BCUT2D eigenvalue weighted by molar-refractivity contribution is -0.125. The number of aromatic nitrogens is 2. The van der Waals surface area contributed by atoms with Gasteiger partial charge in [0.2, 0.25) is 5.91 Å². The highest BCUT2D eigenvalue weighted by atomic mass is 35.5. The molecule has 1 aromatic rings. The molecule has 1 aromatic heterocycles. The Morgan fingerprint density at radius 3 is 3.00 bits per heavy atom. The first-order chi connectivity index (χ1) is 11.1. The molecule has 1 amide bonds. The first kappa shape index (κ1) is 17.9. The molecule has 0 aliphatic carbocycles. The predicted molar refractivity (Wildman–Crippen MR) is 90.7 cm³/mol. The number of hydrogen-bond donors (Lipinski definition) is 1.